The Kier molecular flexibility index (Phi) is 8.29. The van der Waals surface area contributed by atoms with Crippen LogP contribution in [0.2, 0.25) is 0 Å². The Balaban J connectivity index is 0.000000189. The Bertz CT molecular complexity index is 1410. The lowest BCUT2D eigenvalue weighted by molar-refractivity contribution is -0.135. The maximum atomic E-state index is 12.2. The number of phenolic OH excluding ortho intramolecular Hbond substituents is 2. The molecule has 1 saturated carbocycles. The minimum atomic E-state index is -0.437. The quantitative estimate of drug-likeness (QED) is 0.312. The van der Waals surface area contributed by atoms with Gasteiger partial charge >= 0.3 is 0 Å². The minimum Gasteiger partial charge on any atom is -0.507 e. The number of carbonyl (C=O) groups is 2. The van der Waals surface area contributed by atoms with Gasteiger partial charge in [0.15, 0.2) is 5.78 Å². The number of nitrogens with two attached hydrogens (primary N) is 1. The van der Waals surface area contributed by atoms with Gasteiger partial charge in [0.2, 0.25) is 5.91 Å². The van der Waals surface area contributed by atoms with Crippen molar-refractivity contribution in [2.75, 3.05) is 7.11 Å². The van der Waals surface area contributed by atoms with Crippen molar-refractivity contribution in [2.45, 2.75) is 71.1 Å². The first kappa shape index (κ1) is 29.2. The summed E-state index contributed by atoms with van der Waals surface area (Å²) in [6.45, 7) is 8.97. The van der Waals surface area contributed by atoms with E-state index >= 15 is 0 Å². The van der Waals surface area contributed by atoms with E-state index in [2.05, 4.69) is 45.9 Å². The van der Waals surface area contributed by atoms with E-state index in [1.165, 1.54) is 54.5 Å². The molecule has 3 aromatic rings. The summed E-state index contributed by atoms with van der Waals surface area (Å²) in [7, 11) is 1.47. The molecule has 0 bridgehead atoms. The van der Waals surface area contributed by atoms with E-state index < -0.39 is 5.78 Å². The van der Waals surface area contributed by atoms with Gasteiger partial charge in [0.1, 0.15) is 17.2 Å². The van der Waals surface area contributed by atoms with E-state index in [1.54, 1.807) is 18.2 Å². The number of rotatable bonds is 5. The summed E-state index contributed by atoms with van der Waals surface area (Å²) in [5.74, 6) is 0.572. The van der Waals surface area contributed by atoms with E-state index in [0.717, 1.165) is 25.7 Å². The Morgan fingerprint density at radius 3 is 2.27 bits per heavy atom. The van der Waals surface area contributed by atoms with Crippen LogP contribution in [0.15, 0.2) is 60.7 Å². The van der Waals surface area contributed by atoms with E-state index in [0.29, 0.717) is 17.6 Å². The molecule has 0 aromatic heterocycles. The monoisotopic (exact) mass is 543 g/mol. The number of primary amides is 1. The lowest BCUT2D eigenvalue weighted by Crippen LogP contribution is -2.54. The average molecular weight is 544 g/mol. The number of phenols is 2. The van der Waals surface area contributed by atoms with Gasteiger partial charge in [0, 0.05) is 11.5 Å². The van der Waals surface area contributed by atoms with Crippen LogP contribution >= 0.6 is 0 Å². The molecule has 0 aliphatic heterocycles. The fourth-order valence-corrected chi connectivity index (χ4v) is 6.81. The van der Waals surface area contributed by atoms with Crippen LogP contribution in [0.3, 0.4) is 0 Å². The van der Waals surface area contributed by atoms with Crippen molar-refractivity contribution in [1.82, 2.24) is 0 Å². The number of hydrogen-bond donors (Lipinski definition) is 3. The van der Waals surface area contributed by atoms with Gasteiger partial charge in [0.05, 0.1) is 18.2 Å². The van der Waals surface area contributed by atoms with Crippen molar-refractivity contribution >= 4 is 11.7 Å². The second-order valence-corrected chi connectivity index (χ2v) is 11.9. The molecular weight excluding hydrogens is 502 g/mol. The number of ether oxygens (including phenoxy) is 1. The van der Waals surface area contributed by atoms with Crippen LogP contribution in [0.4, 0.5) is 0 Å². The van der Waals surface area contributed by atoms with Crippen molar-refractivity contribution in [2.24, 2.45) is 17.1 Å². The predicted molar refractivity (Wildman–Crippen MR) is 157 cm³/mol. The van der Waals surface area contributed by atoms with Crippen molar-refractivity contribution in [3.8, 4) is 17.2 Å². The Morgan fingerprint density at radius 1 is 0.950 bits per heavy atom. The van der Waals surface area contributed by atoms with E-state index in [-0.39, 0.29) is 39.4 Å². The average Bonchev–Trinajstić information content (AvgIpc) is 2.92. The van der Waals surface area contributed by atoms with Crippen molar-refractivity contribution in [3.63, 3.8) is 0 Å². The zero-order valence-corrected chi connectivity index (χ0v) is 24.2. The van der Waals surface area contributed by atoms with Gasteiger partial charge in [-0.2, -0.15) is 0 Å². The highest BCUT2D eigenvalue weighted by Crippen LogP contribution is 2.57. The summed E-state index contributed by atoms with van der Waals surface area (Å²) >= 11 is 0. The third-order valence-corrected chi connectivity index (χ3v) is 9.21. The molecule has 40 heavy (non-hydrogen) atoms. The molecule has 0 spiro atoms. The van der Waals surface area contributed by atoms with Crippen molar-refractivity contribution in [3.05, 3.63) is 88.5 Å². The SMILES string of the molecule is CC(C)c1ccc2c(c1)CCC1C(C)(C(N)=O)CCCC21C.COc1ccc(C(=O)c2ccccc2O)c(O)c1. The molecule has 212 valence electrons. The second-order valence-electron chi connectivity index (χ2n) is 11.9. The van der Waals surface area contributed by atoms with E-state index in [4.69, 9.17) is 10.5 Å². The van der Waals surface area contributed by atoms with Gasteiger partial charge < -0.3 is 20.7 Å². The van der Waals surface area contributed by atoms with Crippen LogP contribution in [0, 0.1) is 11.3 Å². The number of methoxy groups -OCH3 is 1. The molecule has 1 fully saturated rings. The van der Waals surface area contributed by atoms with Crippen LogP contribution in [0.5, 0.6) is 17.2 Å². The first-order chi connectivity index (χ1) is 18.9. The third-order valence-electron chi connectivity index (χ3n) is 9.21. The van der Waals surface area contributed by atoms with Crippen LogP contribution in [-0.2, 0) is 16.6 Å². The zero-order valence-electron chi connectivity index (χ0n) is 24.2. The van der Waals surface area contributed by atoms with E-state index in [1.807, 2.05) is 0 Å². The smallest absolute Gasteiger partial charge is 0.223 e. The Hall–Kier alpha value is -3.80. The molecule has 4 N–H and O–H groups in total. The van der Waals surface area contributed by atoms with E-state index in [9.17, 15) is 19.8 Å². The van der Waals surface area contributed by atoms with Gasteiger partial charge in [-0.1, -0.05) is 64.4 Å². The predicted octanol–water partition coefficient (Wildman–Crippen LogP) is 6.64. The summed E-state index contributed by atoms with van der Waals surface area (Å²) in [5, 5.41) is 19.4. The number of hydrogen-bond acceptors (Lipinski definition) is 5. The van der Waals surface area contributed by atoms with Crippen LogP contribution in [0.1, 0.15) is 91.9 Å². The molecule has 2 aliphatic rings. The topological polar surface area (TPSA) is 110 Å². The molecule has 3 aromatic carbocycles. The highest BCUT2D eigenvalue weighted by atomic mass is 16.5. The van der Waals surface area contributed by atoms with Gasteiger partial charge in [-0.05, 0) is 83.9 Å². The summed E-state index contributed by atoms with van der Waals surface area (Å²) in [5.41, 5.74) is 10.2. The summed E-state index contributed by atoms with van der Waals surface area (Å²) in [6.07, 6.45) is 5.39. The lowest BCUT2D eigenvalue weighted by Gasteiger charge is -2.54. The second kappa shape index (κ2) is 11.4. The first-order valence-corrected chi connectivity index (χ1v) is 14.0. The highest BCUT2D eigenvalue weighted by Gasteiger charge is 2.54. The molecule has 5 rings (SSSR count). The van der Waals surface area contributed by atoms with Crippen LogP contribution in [-0.4, -0.2) is 29.0 Å². The number of aromatic hydroxyl groups is 2. The molecule has 1 amide bonds. The maximum Gasteiger partial charge on any atom is 0.223 e. The summed E-state index contributed by atoms with van der Waals surface area (Å²) < 4.78 is 4.94. The van der Waals surface area contributed by atoms with Crippen LogP contribution in [0.25, 0.3) is 0 Å². The molecule has 0 saturated heterocycles. The number of carbonyl (C=O) groups excluding carboxylic acids is 2. The van der Waals surface area contributed by atoms with Crippen molar-refractivity contribution in [1.29, 1.82) is 0 Å². The number of fused-ring (bicyclic) bond motifs is 3. The number of benzene rings is 3. The number of amides is 1. The normalized spacial score (nSPS) is 23.3. The molecule has 0 heterocycles. The summed E-state index contributed by atoms with van der Waals surface area (Å²) in [4.78, 5) is 24.3. The van der Waals surface area contributed by atoms with Crippen molar-refractivity contribution < 1.29 is 24.5 Å². The lowest BCUT2D eigenvalue weighted by atomic mass is 9.49. The number of aryl methyl sites for hydroxylation is 1. The highest BCUT2D eigenvalue weighted by molar-refractivity contribution is 6.12. The molecule has 6 heteroatoms. The zero-order chi connectivity index (χ0) is 29.2. The standard InChI is InChI=1S/C20H29NO.C14H12O4/c1-13(2)14-6-8-16-15(12-14)7-9-17-19(16,3)10-5-11-20(17,4)18(21)22;1-18-9-6-7-11(13(16)8-9)14(17)10-4-2-3-5-12(10)15/h6,8,12-13,17H,5,7,9-11H2,1-4H3,(H2,21,22);2-8,15-16H,1H3. The van der Waals surface area contributed by atoms with Gasteiger partial charge in [0.25, 0.3) is 0 Å². The Morgan fingerprint density at radius 2 is 1.65 bits per heavy atom. The fourth-order valence-electron chi connectivity index (χ4n) is 6.81. The third kappa shape index (κ3) is 5.32. The molecule has 2 aliphatic carbocycles. The summed E-state index contributed by atoms with van der Waals surface area (Å²) in [6, 6.07) is 17.6. The molecule has 6 nitrogen and oxygen atoms in total. The molecule has 0 radical (unpaired) electrons. The molecule has 3 atom stereocenters. The van der Waals surface area contributed by atoms with Gasteiger partial charge in [-0.25, -0.2) is 0 Å². The first-order valence-electron chi connectivity index (χ1n) is 14.0. The van der Waals surface area contributed by atoms with Gasteiger partial charge in [-0.3, -0.25) is 9.59 Å². The fraction of sp³-hybridized carbons (Fsp3) is 0.412. The minimum absolute atomic E-state index is 0.102. The molecule has 3 unspecified atom stereocenters. The Labute approximate surface area is 237 Å². The number of ketones is 1. The number of para-hydroxylation sites is 1. The van der Waals surface area contributed by atoms with Crippen LogP contribution < -0.4 is 10.5 Å². The van der Waals surface area contributed by atoms with Gasteiger partial charge in [-0.15, -0.1) is 0 Å². The molecular formula is C34H41NO5. The largest absolute Gasteiger partial charge is 0.507 e. The maximum absolute atomic E-state index is 12.2.